The van der Waals surface area contributed by atoms with Gasteiger partial charge in [0.25, 0.3) is 11.5 Å². The second-order valence-electron chi connectivity index (χ2n) is 9.80. The minimum atomic E-state index is -0.257. The Balaban J connectivity index is 2.08. The van der Waals surface area contributed by atoms with E-state index in [1.54, 1.807) is 9.47 Å². The summed E-state index contributed by atoms with van der Waals surface area (Å²) in [5.41, 5.74) is 1.31. The lowest BCUT2D eigenvalue weighted by Gasteiger charge is -2.35. The summed E-state index contributed by atoms with van der Waals surface area (Å²) in [6, 6.07) is 2.12. The molecule has 0 bridgehead atoms. The summed E-state index contributed by atoms with van der Waals surface area (Å²) in [5, 5.41) is 9.78. The first-order valence-electron chi connectivity index (χ1n) is 12.9. The van der Waals surface area contributed by atoms with Crippen molar-refractivity contribution in [2.75, 3.05) is 24.5 Å². The maximum Gasteiger partial charge on any atom is 0.270 e. The molecule has 3 rings (SSSR count). The van der Waals surface area contributed by atoms with E-state index in [9.17, 15) is 14.9 Å². The smallest absolute Gasteiger partial charge is 0.270 e. The van der Waals surface area contributed by atoms with Gasteiger partial charge in [-0.3, -0.25) is 19.1 Å². The Kier molecular flexibility index (Phi) is 9.60. The fraction of sp³-hybridized carbons (Fsp3) is 0.630. The predicted octanol–water partition coefficient (Wildman–Crippen LogP) is 5.70. The van der Waals surface area contributed by atoms with E-state index in [0.29, 0.717) is 39.7 Å². The van der Waals surface area contributed by atoms with Crippen molar-refractivity contribution in [1.82, 2.24) is 9.47 Å². The molecule has 2 aliphatic heterocycles. The van der Waals surface area contributed by atoms with Crippen LogP contribution in [0.5, 0.6) is 0 Å². The van der Waals surface area contributed by atoms with Gasteiger partial charge < -0.3 is 4.90 Å². The van der Waals surface area contributed by atoms with Crippen molar-refractivity contribution in [1.29, 1.82) is 5.26 Å². The number of nitriles is 1. The molecule has 3 heterocycles. The minimum absolute atomic E-state index is 0.0694. The van der Waals surface area contributed by atoms with Gasteiger partial charge in [0.05, 0.1) is 4.91 Å². The first-order chi connectivity index (χ1) is 16.8. The zero-order valence-corrected chi connectivity index (χ0v) is 23.4. The summed E-state index contributed by atoms with van der Waals surface area (Å²) < 4.78 is 2.29. The largest absolute Gasteiger partial charge is 0.357 e. The third kappa shape index (κ3) is 5.83. The van der Waals surface area contributed by atoms with Crippen LogP contribution in [0.3, 0.4) is 0 Å². The monoisotopic (exact) mass is 514 g/mol. The average molecular weight is 515 g/mol. The number of hydrogen-bond donors (Lipinski definition) is 0. The highest BCUT2D eigenvalue weighted by atomic mass is 32.2. The lowest BCUT2D eigenvalue weighted by atomic mass is 9.97. The van der Waals surface area contributed by atoms with E-state index in [0.717, 1.165) is 63.0 Å². The van der Waals surface area contributed by atoms with E-state index in [1.807, 2.05) is 19.9 Å². The molecular formula is C27H38N4O2S2. The van der Waals surface area contributed by atoms with Gasteiger partial charge in [0.2, 0.25) is 0 Å². The quantitative estimate of drug-likeness (QED) is 0.311. The number of anilines is 1. The number of hydrogen-bond acceptors (Lipinski definition) is 6. The number of amides is 1. The van der Waals surface area contributed by atoms with Crippen molar-refractivity contribution in [2.24, 2.45) is 11.8 Å². The third-order valence-electron chi connectivity index (χ3n) is 7.25. The molecule has 0 aromatic carbocycles. The Morgan fingerprint density at radius 2 is 2.03 bits per heavy atom. The van der Waals surface area contributed by atoms with Crippen LogP contribution in [0.25, 0.3) is 6.08 Å². The second kappa shape index (κ2) is 12.2. The van der Waals surface area contributed by atoms with Gasteiger partial charge in [-0.25, -0.2) is 0 Å². The first-order valence-corrected chi connectivity index (χ1v) is 14.2. The summed E-state index contributed by atoms with van der Waals surface area (Å²) in [6.07, 6.45) is 8.48. The Labute approximate surface area is 219 Å². The zero-order chi connectivity index (χ0) is 25.7. The third-order valence-corrected chi connectivity index (χ3v) is 8.63. The van der Waals surface area contributed by atoms with Gasteiger partial charge in [0.1, 0.15) is 21.8 Å². The van der Waals surface area contributed by atoms with Crippen LogP contribution in [0.1, 0.15) is 82.9 Å². The van der Waals surface area contributed by atoms with Crippen molar-refractivity contribution < 1.29 is 4.79 Å². The van der Waals surface area contributed by atoms with E-state index in [2.05, 4.69) is 31.7 Å². The van der Waals surface area contributed by atoms with Crippen LogP contribution >= 0.6 is 24.0 Å². The highest BCUT2D eigenvalue weighted by molar-refractivity contribution is 8.26. The van der Waals surface area contributed by atoms with Crippen LogP contribution < -0.4 is 10.5 Å². The second-order valence-corrected chi connectivity index (χ2v) is 11.5. The molecule has 190 valence electrons. The highest BCUT2D eigenvalue weighted by Gasteiger charge is 2.34. The molecule has 2 aliphatic rings. The molecule has 0 radical (unpaired) electrons. The topological polar surface area (TPSA) is 69.3 Å². The number of carbonyl (C=O) groups excluding carboxylic acids is 1. The fourth-order valence-corrected chi connectivity index (χ4v) is 6.38. The number of piperidine rings is 1. The number of nitrogens with zero attached hydrogens (tertiary/aromatic N) is 4. The molecule has 1 amide bonds. The van der Waals surface area contributed by atoms with Crippen LogP contribution in [-0.2, 0) is 11.3 Å². The first kappa shape index (κ1) is 27.5. The maximum absolute atomic E-state index is 13.5. The van der Waals surface area contributed by atoms with Gasteiger partial charge in [0, 0.05) is 31.7 Å². The number of thioether (sulfide) groups is 1. The molecule has 2 atom stereocenters. The summed E-state index contributed by atoms with van der Waals surface area (Å²) in [7, 11) is 0. The number of aromatic nitrogens is 1. The van der Waals surface area contributed by atoms with Gasteiger partial charge in [-0.15, -0.1) is 0 Å². The predicted molar refractivity (Wildman–Crippen MR) is 150 cm³/mol. The van der Waals surface area contributed by atoms with Gasteiger partial charge in [-0.1, -0.05) is 64.0 Å². The molecule has 0 N–H and O–H groups in total. The molecule has 8 heteroatoms. The van der Waals surface area contributed by atoms with E-state index in [4.69, 9.17) is 12.2 Å². The summed E-state index contributed by atoms with van der Waals surface area (Å²) in [6.45, 7) is 13.1. The Hall–Kier alpha value is -2.11. The zero-order valence-electron chi connectivity index (χ0n) is 21.7. The normalized spacial score (nSPS) is 20.6. The number of carbonyl (C=O) groups is 1. The molecule has 2 unspecified atom stereocenters. The Bertz CT molecular complexity index is 1100. The van der Waals surface area contributed by atoms with Crippen LogP contribution in [0.4, 0.5) is 5.82 Å². The number of rotatable bonds is 9. The number of pyridine rings is 1. The molecule has 0 aliphatic carbocycles. The molecular weight excluding hydrogens is 476 g/mol. The SMILES string of the molecule is CCCCC(CC)CN1C(=O)C(=Cc2c(C)c(C#N)c(=O)n(CC)c2N2CCCC(C)C2)SC1=S. The fourth-order valence-electron chi connectivity index (χ4n) is 5.12. The highest BCUT2D eigenvalue weighted by Crippen LogP contribution is 2.37. The lowest BCUT2D eigenvalue weighted by molar-refractivity contribution is -0.122. The minimum Gasteiger partial charge on any atom is -0.357 e. The molecule has 1 aromatic heterocycles. The molecule has 2 saturated heterocycles. The molecule has 0 spiro atoms. The van der Waals surface area contributed by atoms with Crippen LogP contribution in [0, 0.1) is 30.1 Å². The molecule has 6 nitrogen and oxygen atoms in total. The van der Waals surface area contributed by atoms with E-state index in [1.165, 1.54) is 11.8 Å². The molecule has 0 saturated carbocycles. The van der Waals surface area contributed by atoms with Crippen LogP contribution in [-0.4, -0.2) is 39.3 Å². The van der Waals surface area contributed by atoms with Gasteiger partial charge >= 0.3 is 0 Å². The van der Waals surface area contributed by atoms with E-state index in [-0.39, 0.29) is 17.0 Å². The summed E-state index contributed by atoms with van der Waals surface area (Å²) in [4.78, 5) is 31.2. The Morgan fingerprint density at radius 3 is 2.63 bits per heavy atom. The van der Waals surface area contributed by atoms with Gasteiger partial charge in [-0.2, -0.15) is 5.26 Å². The molecule has 35 heavy (non-hydrogen) atoms. The number of unbranched alkanes of at least 4 members (excludes halogenated alkanes) is 1. The Morgan fingerprint density at radius 1 is 1.29 bits per heavy atom. The van der Waals surface area contributed by atoms with E-state index < -0.39 is 0 Å². The molecule has 1 aromatic rings. The average Bonchev–Trinajstić information content (AvgIpc) is 3.10. The lowest BCUT2D eigenvalue weighted by Crippen LogP contribution is -2.40. The van der Waals surface area contributed by atoms with Gasteiger partial charge in [-0.05, 0) is 56.6 Å². The maximum atomic E-state index is 13.5. The van der Waals surface area contributed by atoms with Crippen molar-refractivity contribution in [3.05, 3.63) is 31.9 Å². The van der Waals surface area contributed by atoms with Crippen molar-refractivity contribution >= 4 is 46.1 Å². The van der Waals surface area contributed by atoms with Crippen molar-refractivity contribution in [3.8, 4) is 6.07 Å². The number of thiocarbonyl (C=S) groups is 1. The van der Waals surface area contributed by atoms with Crippen molar-refractivity contribution in [2.45, 2.75) is 79.7 Å². The van der Waals surface area contributed by atoms with Crippen LogP contribution in [0.15, 0.2) is 9.70 Å². The summed E-state index contributed by atoms with van der Waals surface area (Å²) >= 11 is 6.95. The molecule has 2 fully saturated rings. The standard InChI is InChI=1S/C27H38N4O2S2/c1-6-9-12-20(7-2)17-31-26(33)23(35-27(31)34)14-21-19(5)22(15-28)25(32)30(8-3)24(21)29-13-10-11-18(4)16-29/h14,18,20H,6-13,16-17H2,1-5H3. The van der Waals surface area contributed by atoms with Crippen molar-refractivity contribution in [3.63, 3.8) is 0 Å². The summed E-state index contributed by atoms with van der Waals surface area (Å²) in [5.74, 6) is 1.69. The van der Waals surface area contributed by atoms with Gasteiger partial charge in [0.15, 0.2) is 0 Å². The van der Waals surface area contributed by atoms with E-state index >= 15 is 0 Å². The van der Waals surface area contributed by atoms with Crippen LogP contribution in [0.2, 0.25) is 0 Å².